The lowest BCUT2D eigenvalue weighted by atomic mass is 9.91. The van der Waals surface area contributed by atoms with E-state index in [0.29, 0.717) is 24.0 Å². The molecule has 1 aliphatic rings. The maximum atomic E-state index is 13.2. The summed E-state index contributed by atoms with van der Waals surface area (Å²) < 4.78 is 14.8. The van der Waals surface area contributed by atoms with Crippen molar-refractivity contribution in [2.45, 2.75) is 25.7 Å². The predicted molar refractivity (Wildman–Crippen MR) is 151 cm³/mol. The zero-order valence-electron chi connectivity index (χ0n) is 22.2. The van der Waals surface area contributed by atoms with Crippen molar-refractivity contribution in [1.82, 2.24) is 30.4 Å². The maximum Gasteiger partial charge on any atom is 0.319 e. The Morgan fingerprint density at radius 1 is 1.03 bits per heavy atom. The first-order valence-electron chi connectivity index (χ1n) is 13.5. The fourth-order valence-electron chi connectivity index (χ4n) is 5.25. The van der Waals surface area contributed by atoms with Crippen LogP contribution in [0, 0.1) is 11.7 Å². The molecule has 1 saturated heterocycles. The van der Waals surface area contributed by atoms with Crippen molar-refractivity contribution in [3.8, 4) is 22.5 Å². The van der Waals surface area contributed by atoms with Crippen molar-refractivity contribution in [2.75, 3.05) is 31.5 Å². The van der Waals surface area contributed by atoms with Crippen LogP contribution in [0.2, 0.25) is 0 Å². The lowest BCUT2D eigenvalue weighted by Gasteiger charge is -2.32. The van der Waals surface area contributed by atoms with E-state index in [-0.39, 0.29) is 11.8 Å². The van der Waals surface area contributed by atoms with Gasteiger partial charge in [0.25, 0.3) is 0 Å². The highest BCUT2D eigenvalue weighted by Crippen LogP contribution is 2.29. The number of rotatable bonds is 9. The smallest absolute Gasteiger partial charge is 0.319 e. The molecule has 0 radical (unpaired) electrons. The number of urea groups is 1. The largest absolute Gasteiger partial charge is 0.338 e. The van der Waals surface area contributed by atoms with Gasteiger partial charge in [0.15, 0.2) is 5.82 Å². The number of carbonyl (C=O) groups is 1. The van der Waals surface area contributed by atoms with Crippen LogP contribution in [0.5, 0.6) is 0 Å². The van der Waals surface area contributed by atoms with E-state index < -0.39 is 0 Å². The van der Waals surface area contributed by atoms with Gasteiger partial charge in [0.05, 0.1) is 0 Å². The van der Waals surface area contributed by atoms with Crippen LogP contribution < -0.4 is 10.6 Å². The summed E-state index contributed by atoms with van der Waals surface area (Å²) >= 11 is 0. The Bertz CT molecular complexity index is 1370. The first-order valence-corrected chi connectivity index (χ1v) is 13.5. The maximum absolute atomic E-state index is 13.2. The van der Waals surface area contributed by atoms with Crippen LogP contribution in [0.4, 0.5) is 14.9 Å². The van der Waals surface area contributed by atoms with Crippen molar-refractivity contribution >= 4 is 11.7 Å². The number of benzene rings is 3. The molecule has 8 nitrogen and oxygen atoms in total. The molecule has 9 heteroatoms. The first-order chi connectivity index (χ1) is 19.0. The summed E-state index contributed by atoms with van der Waals surface area (Å²) in [5, 5.41) is 17.8. The second-order valence-corrected chi connectivity index (χ2v) is 10.2. The Balaban J connectivity index is 1.13. The second kappa shape index (κ2) is 12.6. The van der Waals surface area contributed by atoms with Crippen LogP contribution in [-0.4, -0.2) is 57.3 Å². The molecule has 2 heterocycles. The molecule has 0 bridgehead atoms. The molecule has 4 aromatic rings. The van der Waals surface area contributed by atoms with Crippen molar-refractivity contribution in [3.63, 3.8) is 0 Å². The molecule has 1 aliphatic heterocycles. The Morgan fingerprint density at radius 2 is 1.82 bits per heavy atom. The summed E-state index contributed by atoms with van der Waals surface area (Å²) in [6, 6.07) is 22.5. The van der Waals surface area contributed by atoms with E-state index in [0.717, 1.165) is 49.2 Å². The highest BCUT2D eigenvalue weighted by Gasteiger charge is 2.20. The Kier molecular flexibility index (Phi) is 8.58. The van der Waals surface area contributed by atoms with Gasteiger partial charge in [-0.25, -0.2) is 13.9 Å². The molecule has 1 fully saturated rings. The highest BCUT2D eigenvalue weighted by molar-refractivity contribution is 5.91. The number of anilines is 1. The van der Waals surface area contributed by atoms with Crippen LogP contribution in [-0.2, 0) is 13.5 Å². The number of nitrogens with zero attached hydrogens (tertiary/aromatic N) is 5. The minimum absolute atomic E-state index is 0.187. The van der Waals surface area contributed by atoms with Crippen LogP contribution in [0.15, 0.2) is 72.8 Å². The van der Waals surface area contributed by atoms with E-state index in [1.54, 1.807) is 23.9 Å². The van der Waals surface area contributed by atoms with Crippen LogP contribution in [0.3, 0.4) is 0 Å². The molecule has 39 heavy (non-hydrogen) atoms. The van der Waals surface area contributed by atoms with Gasteiger partial charge in [-0.05, 0) is 102 Å². The number of likely N-dealkylation sites (tertiary alicyclic amines) is 1. The molecule has 1 atom stereocenters. The van der Waals surface area contributed by atoms with Crippen molar-refractivity contribution in [1.29, 1.82) is 0 Å². The number of carbonyl (C=O) groups excluding carboxylic acids is 1. The van der Waals surface area contributed by atoms with E-state index >= 15 is 0 Å². The van der Waals surface area contributed by atoms with E-state index in [9.17, 15) is 9.18 Å². The molecular formula is C30H34FN7O. The molecule has 0 aliphatic carbocycles. The van der Waals surface area contributed by atoms with E-state index in [4.69, 9.17) is 0 Å². The molecule has 0 spiro atoms. The van der Waals surface area contributed by atoms with Gasteiger partial charge in [-0.2, -0.15) is 0 Å². The molecule has 0 saturated carbocycles. The van der Waals surface area contributed by atoms with E-state index in [2.05, 4.69) is 31.1 Å². The Labute approximate surface area is 228 Å². The van der Waals surface area contributed by atoms with Gasteiger partial charge in [-0.1, -0.05) is 42.5 Å². The molecule has 3 aromatic carbocycles. The number of hydrogen-bond acceptors (Lipinski definition) is 5. The first kappa shape index (κ1) is 26.5. The summed E-state index contributed by atoms with van der Waals surface area (Å²) in [6.07, 6.45) is 4.21. The van der Waals surface area contributed by atoms with E-state index in [1.165, 1.54) is 18.4 Å². The number of amides is 2. The Morgan fingerprint density at radius 3 is 2.59 bits per heavy atom. The normalized spacial score (nSPS) is 15.7. The number of hydrogen-bond donors (Lipinski definition) is 2. The number of halogens is 1. The molecule has 5 rings (SSSR count). The number of nitrogens with one attached hydrogen (secondary N) is 2. The van der Waals surface area contributed by atoms with Crippen molar-refractivity contribution < 1.29 is 9.18 Å². The quantitative estimate of drug-likeness (QED) is 0.294. The fourth-order valence-corrected chi connectivity index (χ4v) is 5.25. The minimum Gasteiger partial charge on any atom is -0.338 e. The van der Waals surface area contributed by atoms with E-state index in [1.807, 2.05) is 60.7 Å². The van der Waals surface area contributed by atoms with Gasteiger partial charge in [0, 0.05) is 31.4 Å². The summed E-state index contributed by atoms with van der Waals surface area (Å²) in [6.45, 7) is 3.64. The molecule has 2 N–H and O–H groups in total. The van der Waals surface area contributed by atoms with Gasteiger partial charge in [-0.3, -0.25) is 0 Å². The molecule has 0 unspecified atom stereocenters. The summed E-state index contributed by atoms with van der Waals surface area (Å²) in [4.78, 5) is 15.2. The minimum atomic E-state index is -0.241. The van der Waals surface area contributed by atoms with Crippen LogP contribution in [0.25, 0.3) is 22.5 Å². The topological polar surface area (TPSA) is 88.0 Å². The SMILES string of the molecule is Cn1nnnc1-c1cc(NC(=O)NCCCN2CCC[C@@H](Cc3ccc(F)cc3)C2)cc(-c2ccccc2)c1. The molecular weight excluding hydrogens is 493 g/mol. The van der Waals surface area contributed by atoms with Crippen molar-refractivity contribution in [2.24, 2.45) is 13.0 Å². The zero-order valence-corrected chi connectivity index (χ0v) is 22.2. The van der Waals surface area contributed by atoms with Crippen LogP contribution >= 0.6 is 0 Å². The summed E-state index contributed by atoms with van der Waals surface area (Å²) in [7, 11) is 1.79. The van der Waals surface area contributed by atoms with Gasteiger partial charge in [0.1, 0.15) is 5.82 Å². The lowest BCUT2D eigenvalue weighted by Crippen LogP contribution is -2.38. The lowest BCUT2D eigenvalue weighted by molar-refractivity contribution is 0.172. The predicted octanol–water partition coefficient (Wildman–Crippen LogP) is 5.15. The number of aromatic nitrogens is 4. The number of tetrazole rings is 1. The Hall–Kier alpha value is -4.11. The number of aryl methyl sites for hydroxylation is 1. The molecule has 202 valence electrons. The third-order valence-electron chi connectivity index (χ3n) is 7.15. The standard InChI is InChI=1S/C30H34FN7O/c1-37-29(34-35-36-37)26-18-25(24-8-3-2-4-9-24)19-28(20-26)33-30(39)32-14-6-16-38-15-5-7-23(21-38)17-22-10-12-27(31)13-11-22/h2-4,8-13,18-20,23H,5-7,14-17,21H2,1H3,(H2,32,33,39)/t23-/m0/s1. The molecule has 1 aromatic heterocycles. The van der Waals surface area contributed by atoms with Gasteiger partial charge < -0.3 is 15.5 Å². The van der Waals surface area contributed by atoms with Crippen LogP contribution in [0.1, 0.15) is 24.8 Å². The summed E-state index contributed by atoms with van der Waals surface area (Å²) in [5.74, 6) is 1.01. The fraction of sp³-hybridized carbons (Fsp3) is 0.333. The average molecular weight is 528 g/mol. The van der Waals surface area contributed by atoms with Crippen molar-refractivity contribution in [3.05, 3.63) is 84.2 Å². The van der Waals surface area contributed by atoms with Gasteiger partial charge >= 0.3 is 6.03 Å². The zero-order chi connectivity index (χ0) is 27.0. The van der Waals surface area contributed by atoms with Gasteiger partial charge in [0.2, 0.25) is 0 Å². The highest BCUT2D eigenvalue weighted by atomic mass is 19.1. The second-order valence-electron chi connectivity index (χ2n) is 10.2. The van der Waals surface area contributed by atoms with Gasteiger partial charge in [-0.15, -0.1) is 5.10 Å². The molecule has 2 amide bonds. The third-order valence-corrected chi connectivity index (χ3v) is 7.15. The number of piperidine rings is 1. The third kappa shape index (κ3) is 7.26. The monoisotopic (exact) mass is 527 g/mol. The summed E-state index contributed by atoms with van der Waals surface area (Å²) in [5.41, 5.74) is 4.69. The average Bonchev–Trinajstić information content (AvgIpc) is 3.39.